The number of amidine groups is 1. The summed E-state index contributed by atoms with van der Waals surface area (Å²) in [6, 6.07) is 6.58. The van der Waals surface area contributed by atoms with Crippen LogP contribution in [0.25, 0.3) is 0 Å². The third-order valence-corrected chi connectivity index (χ3v) is 5.04. The molecule has 0 aromatic heterocycles. The number of nitrogens with zero attached hydrogens (tertiary/aromatic N) is 3. The Morgan fingerprint density at radius 1 is 1.24 bits per heavy atom. The van der Waals surface area contributed by atoms with Crippen LogP contribution in [-0.4, -0.2) is 34.5 Å². The molecule has 1 heterocycles. The lowest BCUT2D eigenvalue weighted by Gasteiger charge is -2.16. The molecule has 0 radical (unpaired) electrons. The fourth-order valence-corrected chi connectivity index (χ4v) is 3.50. The maximum absolute atomic E-state index is 11.4. The van der Waals surface area contributed by atoms with E-state index in [1.165, 1.54) is 42.2 Å². The van der Waals surface area contributed by atoms with Crippen LogP contribution in [0, 0.1) is 0 Å². The number of hydrogen-bond donors (Lipinski definition) is 0. The van der Waals surface area contributed by atoms with Crippen LogP contribution in [0.3, 0.4) is 0 Å². The van der Waals surface area contributed by atoms with Gasteiger partial charge in [-0.1, -0.05) is 23.9 Å². The standard InChI is InChI=1S/C16H19N3OS/c1-11(17-18-16-19(2)15(20)10-21-16)13-8-7-12-5-3-4-6-14(12)9-13/h7-9H,3-6,10H2,1-2H3/b17-11+,18-16-. The minimum Gasteiger partial charge on any atom is -0.292 e. The zero-order valence-corrected chi connectivity index (χ0v) is 13.2. The SMILES string of the molecule is C/C(=N\N=C1/SCC(=O)N1C)c1ccc2c(c1)CCCC2. The molecule has 1 saturated heterocycles. The Labute approximate surface area is 129 Å². The number of benzene rings is 1. The molecular formula is C16H19N3OS. The van der Waals surface area contributed by atoms with Gasteiger partial charge in [0, 0.05) is 7.05 Å². The maximum atomic E-state index is 11.4. The summed E-state index contributed by atoms with van der Waals surface area (Å²) in [4.78, 5) is 13.0. The van der Waals surface area contributed by atoms with Gasteiger partial charge < -0.3 is 0 Å². The first-order valence-corrected chi connectivity index (χ1v) is 8.27. The number of hydrogen-bond acceptors (Lipinski definition) is 4. The summed E-state index contributed by atoms with van der Waals surface area (Å²) in [6.07, 6.45) is 4.93. The number of carbonyl (C=O) groups is 1. The molecule has 5 heteroatoms. The second-order valence-corrected chi connectivity index (χ2v) is 6.44. The zero-order valence-electron chi connectivity index (χ0n) is 12.4. The summed E-state index contributed by atoms with van der Waals surface area (Å²) in [5, 5.41) is 9.19. The molecule has 0 unspecified atom stereocenters. The second kappa shape index (κ2) is 6.02. The van der Waals surface area contributed by atoms with Crippen molar-refractivity contribution in [3.63, 3.8) is 0 Å². The number of aryl methyl sites for hydroxylation is 2. The highest BCUT2D eigenvalue weighted by atomic mass is 32.2. The van der Waals surface area contributed by atoms with Gasteiger partial charge >= 0.3 is 0 Å². The zero-order chi connectivity index (χ0) is 14.8. The molecule has 0 atom stereocenters. The van der Waals surface area contributed by atoms with Crippen molar-refractivity contribution in [2.75, 3.05) is 12.8 Å². The van der Waals surface area contributed by atoms with Gasteiger partial charge in [-0.05, 0) is 55.4 Å². The fourth-order valence-electron chi connectivity index (χ4n) is 2.66. The molecule has 1 aromatic carbocycles. The van der Waals surface area contributed by atoms with Crippen molar-refractivity contribution in [3.05, 3.63) is 34.9 Å². The number of carbonyl (C=O) groups excluding carboxylic acids is 1. The Bertz CT molecular complexity index is 636. The molecule has 1 amide bonds. The molecule has 3 rings (SSSR count). The highest BCUT2D eigenvalue weighted by Gasteiger charge is 2.24. The van der Waals surface area contributed by atoms with Crippen LogP contribution in [0.2, 0.25) is 0 Å². The molecule has 4 nitrogen and oxygen atoms in total. The van der Waals surface area contributed by atoms with Crippen molar-refractivity contribution in [2.45, 2.75) is 32.6 Å². The van der Waals surface area contributed by atoms with Gasteiger partial charge in [0.25, 0.3) is 0 Å². The van der Waals surface area contributed by atoms with E-state index >= 15 is 0 Å². The Hall–Kier alpha value is -1.62. The minimum absolute atomic E-state index is 0.0837. The van der Waals surface area contributed by atoms with Crippen molar-refractivity contribution in [1.82, 2.24) is 4.90 Å². The summed E-state index contributed by atoms with van der Waals surface area (Å²) < 4.78 is 0. The lowest BCUT2D eigenvalue weighted by Crippen LogP contribution is -2.24. The fraction of sp³-hybridized carbons (Fsp3) is 0.438. The first kappa shape index (κ1) is 14.3. The molecule has 1 fully saturated rings. The van der Waals surface area contributed by atoms with Crippen LogP contribution in [0.1, 0.15) is 36.5 Å². The molecule has 1 aliphatic carbocycles. The van der Waals surface area contributed by atoms with Gasteiger partial charge in [-0.2, -0.15) is 5.10 Å². The first-order valence-electron chi connectivity index (χ1n) is 7.29. The second-order valence-electron chi connectivity index (χ2n) is 5.50. The average molecular weight is 301 g/mol. The first-order chi connectivity index (χ1) is 10.1. The van der Waals surface area contributed by atoms with E-state index in [0.717, 1.165) is 17.7 Å². The van der Waals surface area contributed by atoms with E-state index in [0.29, 0.717) is 10.9 Å². The molecule has 2 aliphatic rings. The normalized spacial score (nSPS) is 21.0. The van der Waals surface area contributed by atoms with Crippen molar-refractivity contribution in [2.24, 2.45) is 10.2 Å². The molecule has 0 spiro atoms. The van der Waals surface area contributed by atoms with Gasteiger partial charge in [0.2, 0.25) is 5.91 Å². The van der Waals surface area contributed by atoms with Gasteiger partial charge in [0.15, 0.2) is 5.17 Å². The minimum atomic E-state index is 0.0837. The topological polar surface area (TPSA) is 45.0 Å². The van der Waals surface area contributed by atoms with Gasteiger partial charge in [-0.25, -0.2) is 0 Å². The summed E-state index contributed by atoms with van der Waals surface area (Å²) in [7, 11) is 1.74. The lowest BCUT2D eigenvalue weighted by atomic mass is 9.90. The highest BCUT2D eigenvalue weighted by Crippen LogP contribution is 2.23. The molecular weight excluding hydrogens is 282 g/mol. The Morgan fingerprint density at radius 3 is 2.71 bits per heavy atom. The van der Waals surface area contributed by atoms with Gasteiger partial charge in [-0.3, -0.25) is 9.69 Å². The quantitative estimate of drug-likeness (QED) is 0.623. The Morgan fingerprint density at radius 2 is 2.00 bits per heavy atom. The molecule has 21 heavy (non-hydrogen) atoms. The monoisotopic (exact) mass is 301 g/mol. The van der Waals surface area contributed by atoms with Crippen molar-refractivity contribution < 1.29 is 4.79 Å². The van der Waals surface area contributed by atoms with Crippen LogP contribution < -0.4 is 0 Å². The predicted octanol–water partition coefficient (Wildman–Crippen LogP) is 2.85. The van der Waals surface area contributed by atoms with Crippen LogP contribution >= 0.6 is 11.8 Å². The Kier molecular flexibility index (Phi) is 4.10. The van der Waals surface area contributed by atoms with Gasteiger partial charge in [-0.15, -0.1) is 5.10 Å². The van der Waals surface area contributed by atoms with E-state index in [2.05, 4.69) is 28.4 Å². The van der Waals surface area contributed by atoms with Crippen LogP contribution in [0.15, 0.2) is 28.4 Å². The number of fused-ring (bicyclic) bond motifs is 1. The van der Waals surface area contributed by atoms with E-state index < -0.39 is 0 Å². The number of amides is 1. The van der Waals surface area contributed by atoms with Gasteiger partial charge in [0.1, 0.15) is 0 Å². The third kappa shape index (κ3) is 3.02. The number of rotatable bonds is 2. The molecule has 0 bridgehead atoms. The van der Waals surface area contributed by atoms with E-state index in [9.17, 15) is 4.79 Å². The van der Waals surface area contributed by atoms with Crippen molar-refractivity contribution in [1.29, 1.82) is 0 Å². The largest absolute Gasteiger partial charge is 0.292 e. The molecule has 1 aliphatic heterocycles. The van der Waals surface area contributed by atoms with E-state index in [1.54, 1.807) is 11.9 Å². The van der Waals surface area contributed by atoms with Crippen LogP contribution in [0.4, 0.5) is 0 Å². The molecule has 0 N–H and O–H groups in total. The summed E-state index contributed by atoms with van der Waals surface area (Å²) in [6.45, 7) is 1.97. The van der Waals surface area contributed by atoms with Crippen molar-refractivity contribution >= 4 is 28.5 Å². The summed E-state index contributed by atoms with van der Waals surface area (Å²) >= 11 is 1.44. The van der Waals surface area contributed by atoms with E-state index in [4.69, 9.17) is 0 Å². The summed E-state index contributed by atoms with van der Waals surface area (Å²) in [5.41, 5.74) is 4.94. The summed E-state index contributed by atoms with van der Waals surface area (Å²) in [5.74, 6) is 0.545. The smallest absolute Gasteiger partial charge is 0.238 e. The predicted molar refractivity (Wildman–Crippen MR) is 88.0 cm³/mol. The average Bonchev–Trinajstić information content (AvgIpc) is 2.84. The van der Waals surface area contributed by atoms with E-state index in [1.807, 2.05) is 6.92 Å². The third-order valence-electron chi connectivity index (χ3n) is 4.04. The van der Waals surface area contributed by atoms with Crippen molar-refractivity contribution in [3.8, 4) is 0 Å². The van der Waals surface area contributed by atoms with Gasteiger partial charge in [0.05, 0.1) is 11.5 Å². The maximum Gasteiger partial charge on any atom is 0.238 e. The number of thioether (sulfide) groups is 1. The Balaban J connectivity index is 1.81. The molecule has 110 valence electrons. The van der Waals surface area contributed by atoms with Crippen LogP contribution in [0.5, 0.6) is 0 Å². The molecule has 0 saturated carbocycles. The molecule has 1 aromatic rings. The lowest BCUT2D eigenvalue weighted by molar-refractivity contribution is -0.123. The van der Waals surface area contributed by atoms with E-state index in [-0.39, 0.29) is 5.91 Å². The van der Waals surface area contributed by atoms with Crippen LogP contribution in [-0.2, 0) is 17.6 Å². The highest BCUT2D eigenvalue weighted by molar-refractivity contribution is 8.15.